The first-order chi connectivity index (χ1) is 6.27. The van der Waals surface area contributed by atoms with Gasteiger partial charge in [-0.25, -0.2) is 0 Å². The lowest BCUT2D eigenvalue weighted by molar-refractivity contribution is 0.587. The van der Waals surface area contributed by atoms with Crippen molar-refractivity contribution in [3.8, 4) is 0 Å². The Labute approximate surface area is 84.2 Å². The van der Waals surface area contributed by atoms with Gasteiger partial charge >= 0.3 is 0 Å². The number of hydrogen-bond donors (Lipinski definition) is 1. The maximum absolute atomic E-state index is 3.48. The Morgan fingerprint density at radius 3 is 3.08 bits per heavy atom. The van der Waals surface area contributed by atoms with Crippen molar-refractivity contribution in [2.45, 2.75) is 45.7 Å². The summed E-state index contributed by atoms with van der Waals surface area (Å²) in [6.45, 7) is 5.46. The Morgan fingerprint density at radius 2 is 2.31 bits per heavy atom. The van der Waals surface area contributed by atoms with Gasteiger partial charge in [0.15, 0.2) is 0 Å². The molecule has 1 aromatic heterocycles. The molecule has 1 aromatic rings. The summed E-state index contributed by atoms with van der Waals surface area (Å²) in [5, 5.41) is 5.82. The highest BCUT2D eigenvalue weighted by molar-refractivity contribution is 7.10. The molecule has 2 heteroatoms. The smallest absolute Gasteiger partial charge is 0.0218 e. The summed E-state index contributed by atoms with van der Waals surface area (Å²) in [5.74, 6) is 0. The van der Waals surface area contributed by atoms with Crippen molar-refractivity contribution in [1.82, 2.24) is 5.32 Å². The van der Waals surface area contributed by atoms with Gasteiger partial charge in [-0.3, -0.25) is 0 Å². The molecule has 0 fully saturated rings. The minimum atomic E-state index is 0.594. The van der Waals surface area contributed by atoms with Crippen LogP contribution in [0.1, 0.15) is 36.3 Å². The van der Waals surface area contributed by atoms with Crippen LogP contribution < -0.4 is 5.32 Å². The highest BCUT2D eigenvalue weighted by Crippen LogP contribution is 2.30. The number of nitrogens with one attached hydrogen (secondary N) is 1. The number of thiophene rings is 1. The molecule has 0 amide bonds. The number of rotatable bonds is 3. The van der Waals surface area contributed by atoms with E-state index in [9.17, 15) is 0 Å². The van der Waals surface area contributed by atoms with Gasteiger partial charge in [0, 0.05) is 17.5 Å². The van der Waals surface area contributed by atoms with E-state index in [1.807, 2.05) is 11.3 Å². The molecule has 0 unspecified atom stereocenters. The largest absolute Gasteiger partial charge is 0.310 e. The van der Waals surface area contributed by atoms with Crippen LogP contribution in [0.5, 0.6) is 0 Å². The first-order valence-electron chi connectivity index (χ1n) is 5.09. The maximum Gasteiger partial charge on any atom is 0.0218 e. The zero-order chi connectivity index (χ0) is 9.26. The zero-order valence-electron chi connectivity index (χ0n) is 8.39. The van der Waals surface area contributed by atoms with E-state index >= 15 is 0 Å². The third-order valence-electron chi connectivity index (χ3n) is 2.60. The van der Waals surface area contributed by atoms with Crippen molar-refractivity contribution in [1.29, 1.82) is 0 Å². The van der Waals surface area contributed by atoms with Crippen LogP contribution in [0.2, 0.25) is 0 Å². The van der Waals surface area contributed by atoms with Crippen LogP contribution in [0, 0.1) is 0 Å². The SMILES string of the molecule is CC(C)NCc1csc2c1CCC2. The lowest BCUT2D eigenvalue weighted by Gasteiger charge is -2.07. The lowest BCUT2D eigenvalue weighted by atomic mass is 10.1. The highest BCUT2D eigenvalue weighted by Gasteiger charge is 2.16. The second-order valence-electron chi connectivity index (χ2n) is 4.05. The fourth-order valence-corrected chi connectivity index (χ4v) is 3.01. The molecular weight excluding hydrogens is 178 g/mol. The van der Waals surface area contributed by atoms with Gasteiger partial charge in [-0.15, -0.1) is 11.3 Å². The molecule has 0 saturated carbocycles. The van der Waals surface area contributed by atoms with E-state index in [0.717, 1.165) is 6.54 Å². The molecule has 13 heavy (non-hydrogen) atoms. The van der Waals surface area contributed by atoms with Gasteiger partial charge in [0.2, 0.25) is 0 Å². The molecule has 0 aliphatic heterocycles. The Balaban J connectivity index is 2.04. The van der Waals surface area contributed by atoms with E-state index in [1.54, 1.807) is 16.0 Å². The summed E-state index contributed by atoms with van der Waals surface area (Å²) in [6.07, 6.45) is 4.01. The van der Waals surface area contributed by atoms with Crippen LogP contribution in [0.25, 0.3) is 0 Å². The standard InChI is InChI=1S/C11H17NS/c1-8(2)12-6-9-7-13-11-5-3-4-10(9)11/h7-8,12H,3-6H2,1-2H3. The van der Waals surface area contributed by atoms with Crippen LogP contribution >= 0.6 is 11.3 Å². The molecule has 1 aliphatic carbocycles. The fourth-order valence-electron chi connectivity index (χ4n) is 1.86. The van der Waals surface area contributed by atoms with Gasteiger partial charge in [0.05, 0.1) is 0 Å². The Bertz CT molecular complexity index is 288. The van der Waals surface area contributed by atoms with Crippen molar-refractivity contribution in [2.75, 3.05) is 0 Å². The zero-order valence-corrected chi connectivity index (χ0v) is 9.21. The molecule has 0 bridgehead atoms. The van der Waals surface area contributed by atoms with E-state index in [0.29, 0.717) is 6.04 Å². The van der Waals surface area contributed by atoms with Crippen LogP contribution in [0.3, 0.4) is 0 Å². The van der Waals surface area contributed by atoms with Gasteiger partial charge in [-0.05, 0) is 35.8 Å². The van der Waals surface area contributed by atoms with Crippen LogP contribution in [-0.4, -0.2) is 6.04 Å². The van der Waals surface area contributed by atoms with Gasteiger partial charge in [0.1, 0.15) is 0 Å². The Hall–Kier alpha value is -0.340. The number of hydrogen-bond acceptors (Lipinski definition) is 2. The molecule has 0 spiro atoms. The summed E-state index contributed by atoms with van der Waals surface area (Å²) in [4.78, 5) is 1.64. The molecule has 0 atom stereocenters. The minimum absolute atomic E-state index is 0.594. The minimum Gasteiger partial charge on any atom is -0.310 e. The molecule has 1 aliphatic rings. The Morgan fingerprint density at radius 1 is 1.46 bits per heavy atom. The molecule has 1 N–H and O–H groups in total. The molecule has 0 aromatic carbocycles. The van der Waals surface area contributed by atoms with Crippen molar-refractivity contribution in [3.63, 3.8) is 0 Å². The molecule has 1 heterocycles. The lowest BCUT2D eigenvalue weighted by Crippen LogP contribution is -2.21. The predicted molar refractivity (Wildman–Crippen MR) is 58.3 cm³/mol. The second kappa shape index (κ2) is 3.81. The van der Waals surface area contributed by atoms with E-state index in [2.05, 4.69) is 24.5 Å². The molecule has 0 saturated heterocycles. The average molecular weight is 195 g/mol. The Kier molecular flexibility index (Phi) is 2.70. The molecular formula is C11H17NS. The summed E-state index contributed by atoms with van der Waals surface area (Å²) in [7, 11) is 0. The summed E-state index contributed by atoms with van der Waals surface area (Å²) in [5.41, 5.74) is 3.20. The van der Waals surface area contributed by atoms with Gasteiger partial charge in [-0.2, -0.15) is 0 Å². The molecule has 0 radical (unpaired) electrons. The predicted octanol–water partition coefficient (Wildman–Crippen LogP) is 2.73. The molecule has 2 rings (SSSR count). The quantitative estimate of drug-likeness (QED) is 0.782. The third kappa shape index (κ3) is 1.94. The van der Waals surface area contributed by atoms with E-state index in [1.165, 1.54) is 19.3 Å². The van der Waals surface area contributed by atoms with Crippen molar-refractivity contribution < 1.29 is 0 Å². The van der Waals surface area contributed by atoms with E-state index in [-0.39, 0.29) is 0 Å². The normalized spacial score (nSPS) is 15.3. The van der Waals surface area contributed by atoms with Gasteiger partial charge in [0.25, 0.3) is 0 Å². The van der Waals surface area contributed by atoms with Crippen LogP contribution in [0.15, 0.2) is 5.38 Å². The third-order valence-corrected chi connectivity index (χ3v) is 3.74. The van der Waals surface area contributed by atoms with E-state index in [4.69, 9.17) is 0 Å². The monoisotopic (exact) mass is 195 g/mol. The topological polar surface area (TPSA) is 12.0 Å². The molecule has 72 valence electrons. The number of aryl methyl sites for hydroxylation is 1. The van der Waals surface area contributed by atoms with Gasteiger partial charge in [-0.1, -0.05) is 13.8 Å². The molecule has 1 nitrogen and oxygen atoms in total. The summed E-state index contributed by atoms with van der Waals surface area (Å²) >= 11 is 1.95. The summed E-state index contributed by atoms with van der Waals surface area (Å²) in [6, 6.07) is 0.594. The van der Waals surface area contributed by atoms with Crippen molar-refractivity contribution >= 4 is 11.3 Å². The number of fused-ring (bicyclic) bond motifs is 1. The maximum atomic E-state index is 3.48. The highest BCUT2D eigenvalue weighted by atomic mass is 32.1. The average Bonchev–Trinajstić information content (AvgIpc) is 2.60. The van der Waals surface area contributed by atoms with Gasteiger partial charge < -0.3 is 5.32 Å². The second-order valence-corrected chi connectivity index (χ2v) is 5.02. The summed E-state index contributed by atoms with van der Waals surface area (Å²) < 4.78 is 0. The van der Waals surface area contributed by atoms with Crippen LogP contribution in [0.4, 0.5) is 0 Å². The van der Waals surface area contributed by atoms with Crippen LogP contribution in [-0.2, 0) is 19.4 Å². The van der Waals surface area contributed by atoms with Crippen molar-refractivity contribution in [2.24, 2.45) is 0 Å². The first-order valence-corrected chi connectivity index (χ1v) is 5.97. The fraction of sp³-hybridized carbons (Fsp3) is 0.636. The van der Waals surface area contributed by atoms with E-state index < -0.39 is 0 Å². The first kappa shape index (κ1) is 9.22. The van der Waals surface area contributed by atoms with Crippen molar-refractivity contribution in [3.05, 3.63) is 21.4 Å².